The molecule has 0 saturated carbocycles. The molecule has 0 saturated heterocycles. The summed E-state index contributed by atoms with van der Waals surface area (Å²) in [4.78, 5) is 29.8. The van der Waals surface area contributed by atoms with Crippen molar-refractivity contribution < 1.29 is 27.5 Å². The molecule has 0 bridgehead atoms. The van der Waals surface area contributed by atoms with E-state index in [0.29, 0.717) is 16.5 Å². The van der Waals surface area contributed by atoms with Crippen molar-refractivity contribution in [3.05, 3.63) is 76.8 Å². The van der Waals surface area contributed by atoms with Crippen LogP contribution in [0.3, 0.4) is 0 Å². The minimum Gasteiger partial charge on any atom is -0.456 e. The van der Waals surface area contributed by atoms with Crippen LogP contribution in [0, 0.1) is 0 Å². The number of anilines is 2. The second kappa shape index (κ2) is 8.44. The van der Waals surface area contributed by atoms with Gasteiger partial charge in [0, 0.05) is 12.3 Å². The Labute approximate surface area is 168 Å². The number of para-hydroxylation sites is 1. The summed E-state index contributed by atoms with van der Waals surface area (Å²) in [7, 11) is 0. The number of nitrogens with zero attached hydrogens (tertiary/aromatic N) is 2. The first kappa shape index (κ1) is 20.5. The van der Waals surface area contributed by atoms with Crippen LogP contribution < -0.4 is 4.90 Å². The molecule has 29 heavy (non-hydrogen) atoms. The Kier molecular flexibility index (Phi) is 5.97. The first-order chi connectivity index (χ1) is 13.8. The second-order valence-corrected chi connectivity index (χ2v) is 6.80. The van der Waals surface area contributed by atoms with Crippen molar-refractivity contribution in [1.29, 1.82) is 0 Å². The first-order valence-electron chi connectivity index (χ1n) is 8.40. The molecule has 0 spiro atoms. The molecule has 2 aromatic carbocycles. The molecule has 3 aromatic rings. The fourth-order valence-corrected chi connectivity index (χ4v) is 3.39. The van der Waals surface area contributed by atoms with Crippen LogP contribution in [0.15, 0.2) is 60.0 Å². The Balaban J connectivity index is 1.71. The number of aromatic nitrogens is 1. The molecule has 0 N–H and O–H groups in total. The molecule has 150 valence electrons. The molecular formula is C20H15F3N2O3S. The van der Waals surface area contributed by atoms with E-state index in [0.717, 1.165) is 18.2 Å². The summed E-state index contributed by atoms with van der Waals surface area (Å²) in [6.07, 6.45) is -4.55. The Morgan fingerprint density at radius 1 is 1.10 bits per heavy atom. The molecule has 1 amide bonds. The van der Waals surface area contributed by atoms with E-state index in [2.05, 4.69) is 4.98 Å². The van der Waals surface area contributed by atoms with Gasteiger partial charge < -0.3 is 4.74 Å². The highest BCUT2D eigenvalue weighted by Gasteiger charge is 2.31. The normalized spacial score (nSPS) is 11.2. The molecule has 3 rings (SSSR count). The first-order valence-corrected chi connectivity index (χ1v) is 9.28. The predicted molar refractivity (Wildman–Crippen MR) is 102 cm³/mol. The van der Waals surface area contributed by atoms with Crippen molar-refractivity contribution in [1.82, 2.24) is 4.98 Å². The number of carbonyl (C=O) groups excluding carboxylic acids is 2. The number of ether oxygens (including phenoxy) is 1. The highest BCUT2D eigenvalue weighted by atomic mass is 32.1. The second-order valence-electron chi connectivity index (χ2n) is 5.97. The standard InChI is InChI=1S/C20H15F3N2O3S/c1-13(26)25(17-8-3-2-4-9-17)19-24-16(12-29-19)11-28-18(27)14-6-5-7-15(10-14)20(21,22)23/h2-10,12H,11H2,1H3. The average Bonchev–Trinajstić information content (AvgIpc) is 3.14. The summed E-state index contributed by atoms with van der Waals surface area (Å²) in [5, 5.41) is 2.02. The van der Waals surface area contributed by atoms with Crippen molar-refractivity contribution in [2.24, 2.45) is 0 Å². The van der Waals surface area contributed by atoms with Crippen LogP contribution in [-0.2, 0) is 22.3 Å². The van der Waals surface area contributed by atoms with Crippen LogP contribution >= 0.6 is 11.3 Å². The highest BCUT2D eigenvalue weighted by Crippen LogP contribution is 2.30. The van der Waals surface area contributed by atoms with Crippen LogP contribution in [0.2, 0.25) is 0 Å². The average molecular weight is 420 g/mol. The van der Waals surface area contributed by atoms with Crippen LogP contribution in [0.25, 0.3) is 0 Å². The number of benzene rings is 2. The number of amides is 1. The number of thiazole rings is 1. The maximum atomic E-state index is 12.8. The van der Waals surface area contributed by atoms with Crippen LogP contribution in [0.4, 0.5) is 24.0 Å². The topological polar surface area (TPSA) is 59.5 Å². The summed E-state index contributed by atoms with van der Waals surface area (Å²) in [6, 6.07) is 12.9. The fraction of sp³-hybridized carbons (Fsp3) is 0.150. The van der Waals surface area contributed by atoms with E-state index in [1.54, 1.807) is 29.6 Å². The van der Waals surface area contributed by atoms with E-state index in [1.807, 2.05) is 6.07 Å². The Morgan fingerprint density at radius 3 is 2.48 bits per heavy atom. The lowest BCUT2D eigenvalue weighted by Gasteiger charge is -2.17. The minimum absolute atomic E-state index is 0.204. The summed E-state index contributed by atoms with van der Waals surface area (Å²) >= 11 is 1.19. The van der Waals surface area contributed by atoms with Crippen molar-refractivity contribution in [2.45, 2.75) is 19.7 Å². The zero-order valence-electron chi connectivity index (χ0n) is 15.1. The summed E-state index contributed by atoms with van der Waals surface area (Å²) < 4.78 is 43.4. The third-order valence-corrected chi connectivity index (χ3v) is 4.71. The van der Waals surface area contributed by atoms with Gasteiger partial charge >= 0.3 is 12.1 Å². The van der Waals surface area contributed by atoms with Gasteiger partial charge in [0.05, 0.1) is 22.5 Å². The molecule has 1 heterocycles. The number of esters is 1. The van der Waals surface area contributed by atoms with Gasteiger partial charge in [0.15, 0.2) is 5.13 Å². The van der Waals surface area contributed by atoms with E-state index in [-0.39, 0.29) is 18.1 Å². The molecule has 0 unspecified atom stereocenters. The molecule has 1 aromatic heterocycles. The van der Waals surface area contributed by atoms with Gasteiger partial charge in [-0.3, -0.25) is 9.69 Å². The van der Waals surface area contributed by atoms with Gasteiger partial charge in [-0.25, -0.2) is 9.78 Å². The largest absolute Gasteiger partial charge is 0.456 e. The maximum absolute atomic E-state index is 12.8. The zero-order valence-corrected chi connectivity index (χ0v) is 16.0. The molecule has 5 nitrogen and oxygen atoms in total. The Hall–Kier alpha value is -3.20. The zero-order chi connectivity index (χ0) is 21.0. The molecule has 0 aliphatic heterocycles. The third kappa shape index (κ3) is 5.00. The van der Waals surface area contributed by atoms with Crippen LogP contribution in [0.1, 0.15) is 28.5 Å². The lowest BCUT2D eigenvalue weighted by Crippen LogP contribution is -2.22. The smallest absolute Gasteiger partial charge is 0.416 e. The van der Waals surface area contributed by atoms with Gasteiger partial charge in [-0.05, 0) is 30.3 Å². The van der Waals surface area contributed by atoms with Crippen LogP contribution in [0.5, 0.6) is 0 Å². The summed E-state index contributed by atoms with van der Waals surface area (Å²) in [5.41, 5.74) is -0.109. The number of hydrogen-bond donors (Lipinski definition) is 0. The van der Waals surface area contributed by atoms with Gasteiger partial charge in [0.1, 0.15) is 6.61 Å². The predicted octanol–water partition coefficient (Wildman–Crippen LogP) is 5.20. The SMILES string of the molecule is CC(=O)N(c1ccccc1)c1nc(COC(=O)c2cccc(C(F)(F)F)c2)cs1. The van der Waals surface area contributed by atoms with E-state index >= 15 is 0 Å². The lowest BCUT2D eigenvalue weighted by atomic mass is 10.1. The molecule has 0 aliphatic carbocycles. The van der Waals surface area contributed by atoms with E-state index in [4.69, 9.17) is 4.74 Å². The van der Waals surface area contributed by atoms with Gasteiger partial charge in [-0.1, -0.05) is 24.3 Å². The number of halogens is 3. The van der Waals surface area contributed by atoms with E-state index in [1.165, 1.54) is 29.2 Å². The maximum Gasteiger partial charge on any atom is 0.416 e. The van der Waals surface area contributed by atoms with E-state index in [9.17, 15) is 22.8 Å². The molecule has 9 heteroatoms. The molecule has 0 fully saturated rings. The fourth-order valence-electron chi connectivity index (χ4n) is 2.51. The monoisotopic (exact) mass is 420 g/mol. The Bertz CT molecular complexity index is 1020. The molecule has 0 radical (unpaired) electrons. The van der Waals surface area contributed by atoms with Crippen molar-refractivity contribution >= 4 is 34.0 Å². The van der Waals surface area contributed by atoms with E-state index < -0.39 is 17.7 Å². The molecule has 0 atom stereocenters. The summed E-state index contributed by atoms with van der Waals surface area (Å²) in [6.45, 7) is 1.17. The number of alkyl halides is 3. The molecular weight excluding hydrogens is 405 g/mol. The van der Waals surface area contributed by atoms with Crippen molar-refractivity contribution in [2.75, 3.05) is 4.90 Å². The van der Waals surface area contributed by atoms with Gasteiger partial charge in [-0.15, -0.1) is 11.3 Å². The highest BCUT2D eigenvalue weighted by molar-refractivity contribution is 7.14. The third-order valence-electron chi connectivity index (χ3n) is 3.84. The van der Waals surface area contributed by atoms with Gasteiger partial charge in [0.25, 0.3) is 0 Å². The number of carbonyl (C=O) groups is 2. The Morgan fingerprint density at radius 2 is 1.83 bits per heavy atom. The number of rotatable bonds is 5. The van der Waals surface area contributed by atoms with Crippen molar-refractivity contribution in [3.63, 3.8) is 0 Å². The van der Waals surface area contributed by atoms with Gasteiger partial charge in [0.2, 0.25) is 5.91 Å². The molecule has 0 aliphatic rings. The van der Waals surface area contributed by atoms with Crippen LogP contribution in [-0.4, -0.2) is 16.9 Å². The quantitative estimate of drug-likeness (QED) is 0.532. The number of hydrogen-bond acceptors (Lipinski definition) is 5. The lowest BCUT2D eigenvalue weighted by molar-refractivity contribution is -0.137. The van der Waals surface area contributed by atoms with Crippen molar-refractivity contribution in [3.8, 4) is 0 Å². The minimum atomic E-state index is -4.55. The summed E-state index contributed by atoms with van der Waals surface area (Å²) in [5.74, 6) is -1.13. The van der Waals surface area contributed by atoms with Gasteiger partial charge in [-0.2, -0.15) is 13.2 Å².